The topological polar surface area (TPSA) is 83.6 Å². The summed E-state index contributed by atoms with van der Waals surface area (Å²) in [6.07, 6.45) is 5.15. The van der Waals surface area contributed by atoms with Crippen molar-refractivity contribution in [2.45, 2.75) is 27.2 Å². The summed E-state index contributed by atoms with van der Waals surface area (Å²) in [7, 11) is 0. The van der Waals surface area contributed by atoms with E-state index >= 15 is 0 Å². The number of aromatic carboxylic acids is 1. The lowest BCUT2D eigenvalue weighted by Gasteiger charge is -2.50. The highest BCUT2D eigenvalue weighted by molar-refractivity contribution is 6.00. The van der Waals surface area contributed by atoms with Crippen LogP contribution in [0.5, 0.6) is 0 Å². The van der Waals surface area contributed by atoms with Gasteiger partial charge in [-0.2, -0.15) is 0 Å². The van der Waals surface area contributed by atoms with Crippen LogP contribution in [-0.4, -0.2) is 40.0 Å². The molecule has 1 aliphatic carbocycles. The van der Waals surface area contributed by atoms with Crippen LogP contribution >= 0.6 is 0 Å². The Morgan fingerprint density at radius 2 is 1.75 bits per heavy atom. The standard InChI is InChI=1S/C33H29FN2O4/c1-32(2)25(20-8-10-21(11-9-20)31(38)39)14-16-33(3)19-36(17-15-28(32)33)30(37)24-7-5-4-6-23(24)29-35-26-13-12-22(34)18-27(26)40-29/h4-15,18H,16-17,19H2,1-3H3,(H,38,39)/t33-/m1/s1. The van der Waals surface area contributed by atoms with Gasteiger partial charge in [0.1, 0.15) is 11.3 Å². The zero-order valence-corrected chi connectivity index (χ0v) is 22.6. The Kier molecular flexibility index (Phi) is 5.98. The van der Waals surface area contributed by atoms with Crippen molar-refractivity contribution in [1.29, 1.82) is 0 Å². The molecule has 1 atom stereocenters. The van der Waals surface area contributed by atoms with Gasteiger partial charge in [-0.1, -0.05) is 62.8 Å². The van der Waals surface area contributed by atoms with Crippen molar-refractivity contribution < 1.29 is 23.5 Å². The summed E-state index contributed by atoms with van der Waals surface area (Å²) in [5.74, 6) is -1.18. The lowest BCUT2D eigenvalue weighted by Crippen LogP contribution is -2.48. The van der Waals surface area contributed by atoms with Gasteiger partial charge in [-0.25, -0.2) is 14.2 Å². The molecule has 0 radical (unpaired) electrons. The Hall–Kier alpha value is -4.52. The largest absolute Gasteiger partial charge is 0.478 e. The molecule has 1 N–H and O–H groups in total. The second-order valence-corrected chi connectivity index (χ2v) is 11.4. The number of carbonyl (C=O) groups is 2. The van der Waals surface area contributed by atoms with E-state index in [2.05, 4.69) is 37.9 Å². The zero-order valence-electron chi connectivity index (χ0n) is 22.6. The molecule has 6 nitrogen and oxygen atoms in total. The minimum Gasteiger partial charge on any atom is -0.478 e. The van der Waals surface area contributed by atoms with Crippen LogP contribution in [0.2, 0.25) is 0 Å². The molecule has 6 rings (SSSR count). The van der Waals surface area contributed by atoms with Gasteiger partial charge in [0.05, 0.1) is 11.1 Å². The maximum atomic E-state index is 13.9. The number of benzene rings is 3. The van der Waals surface area contributed by atoms with Crippen LogP contribution in [0.1, 0.15) is 53.5 Å². The first-order chi connectivity index (χ1) is 19.1. The predicted octanol–water partition coefficient (Wildman–Crippen LogP) is 7.23. The average molecular weight is 537 g/mol. The summed E-state index contributed by atoms with van der Waals surface area (Å²) in [4.78, 5) is 31.6. The third-order valence-corrected chi connectivity index (χ3v) is 8.28. The highest BCUT2D eigenvalue weighted by Gasteiger charge is 2.46. The zero-order chi connectivity index (χ0) is 28.2. The summed E-state index contributed by atoms with van der Waals surface area (Å²) in [6.45, 7) is 7.59. The van der Waals surface area contributed by atoms with Gasteiger partial charge in [-0.15, -0.1) is 0 Å². The van der Waals surface area contributed by atoms with Crippen LogP contribution in [-0.2, 0) is 0 Å². The van der Waals surface area contributed by atoms with Crippen molar-refractivity contribution in [3.63, 3.8) is 0 Å². The van der Waals surface area contributed by atoms with Crippen molar-refractivity contribution in [2.24, 2.45) is 10.8 Å². The maximum absolute atomic E-state index is 13.9. The van der Waals surface area contributed by atoms with Gasteiger partial charge in [0.25, 0.3) is 5.91 Å². The number of aromatic nitrogens is 1. The number of rotatable bonds is 4. The molecule has 202 valence electrons. The minimum absolute atomic E-state index is 0.114. The number of halogens is 1. The fraction of sp³-hybridized carbons (Fsp3) is 0.242. The molecule has 3 aromatic carbocycles. The number of hydrogen-bond donors (Lipinski definition) is 1. The van der Waals surface area contributed by atoms with Gasteiger partial charge in [-0.05, 0) is 54.0 Å². The highest BCUT2D eigenvalue weighted by atomic mass is 19.1. The Morgan fingerprint density at radius 3 is 2.50 bits per heavy atom. The quantitative estimate of drug-likeness (QED) is 0.278. The third-order valence-electron chi connectivity index (χ3n) is 8.28. The first-order valence-corrected chi connectivity index (χ1v) is 13.3. The van der Waals surface area contributed by atoms with E-state index in [1.807, 2.05) is 29.2 Å². The lowest BCUT2D eigenvalue weighted by molar-refractivity contribution is 0.0679. The van der Waals surface area contributed by atoms with Crippen molar-refractivity contribution in [3.8, 4) is 11.5 Å². The summed E-state index contributed by atoms with van der Waals surface area (Å²) in [5.41, 5.74) is 5.07. The van der Waals surface area contributed by atoms with E-state index < -0.39 is 11.8 Å². The smallest absolute Gasteiger partial charge is 0.335 e. The normalized spacial score (nSPS) is 20.1. The molecule has 0 unspecified atom stereocenters. The monoisotopic (exact) mass is 536 g/mol. The van der Waals surface area contributed by atoms with Crippen LogP contribution < -0.4 is 0 Å². The van der Waals surface area contributed by atoms with E-state index in [0.29, 0.717) is 35.3 Å². The predicted molar refractivity (Wildman–Crippen MR) is 151 cm³/mol. The number of carboxylic acids is 1. The summed E-state index contributed by atoms with van der Waals surface area (Å²) < 4.78 is 19.6. The van der Waals surface area contributed by atoms with Gasteiger partial charge in [0.2, 0.25) is 5.89 Å². The molecule has 2 heterocycles. The number of allylic oxidation sites excluding steroid dienone is 2. The number of amides is 1. The van der Waals surface area contributed by atoms with E-state index in [0.717, 1.165) is 17.6 Å². The first-order valence-electron chi connectivity index (χ1n) is 13.3. The highest BCUT2D eigenvalue weighted by Crippen LogP contribution is 2.55. The SMILES string of the molecule is CC1(C)C(c2ccc(C(=O)O)cc2)=CC[C@]2(C)CN(C(=O)c3ccccc3-c3nc4ccc(F)cc4o3)CC=C12. The number of nitrogens with zero attached hydrogens (tertiary/aromatic N) is 2. The van der Waals surface area contributed by atoms with Gasteiger partial charge >= 0.3 is 5.97 Å². The van der Waals surface area contributed by atoms with Gasteiger partial charge < -0.3 is 14.4 Å². The second-order valence-electron chi connectivity index (χ2n) is 11.4. The molecule has 0 saturated heterocycles. The Balaban J connectivity index is 1.30. The molecule has 40 heavy (non-hydrogen) atoms. The van der Waals surface area contributed by atoms with Crippen molar-refractivity contribution >= 4 is 28.5 Å². The molecular formula is C33H29FN2O4. The van der Waals surface area contributed by atoms with Crippen molar-refractivity contribution in [1.82, 2.24) is 9.88 Å². The molecular weight excluding hydrogens is 507 g/mol. The molecule has 1 amide bonds. The average Bonchev–Trinajstić information content (AvgIpc) is 3.35. The summed E-state index contributed by atoms with van der Waals surface area (Å²) in [5, 5.41) is 9.28. The van der Waals surface area contributed by atoms with Crippen LogP contribution in [0.25, 0.3) is 28.1 Å². The molecule has 2 aliphatic rings. The van der Waals surface area contributed by atoms with Gasteiger partial charge in [0.15, 0.2) is 5.58 Å². The molecule has 0 spiro atoms. The number of oxazole rings is 1. The Bertz CT molecular complexity index is 1730. The molecule has 4 aromatic rings. The third kappa shape index (κ3) is 4.22. The van der Waals surface area contributed by atoms with Crippen molar-refractivity contribution in [3.05, 3.63) is 107 Å². The van der Waals surface area contributed by atoms with E-state index in [1.165, 1.54) is 17.7 Å². The van der Waals surface area contributed by atoms with E-state index in [4.69, 9.17) is 4.42 Å². The van der Waals surface area contributed by atoms with Crippen molar-refractivity contribution in [2.75, 3.05) is 13.1 Å². The van der Waals surface area contributed by atoms with E-state index in [-0.39, 0.29) is 28.2 Å². The van der Waals surface area contributed by atoms with Crippen LogP contribution in [0.15, 0.2) is 88.9 Å². The fourth-order valence-corrected chi connectivity index (χ4v) is 6.40. The Morgan fingerprint density at radius 1 is 1.00 bits per heavy atom. The summed E-state index contributed by atoms with van der Waals surface area (Å²) in [6, 6.07) is 18.4. The molecule has 0 bridgehead atoms. The van der Waals surface area contributed by atoms with E-state index in [1.54, 1.807) is 30.3 Å². The second kappa shape index (κ2) is 9.30. The number of fused-ring (bicyclic) bond motifs is 2. The lowest BCUT2D eigenvalue weighted by atomic mass is 9.58. The maximum Gasteiger partial charge on any atom is 0.335 e. The number of carboxylic acid groups (broad SMARTS) is 1. The molecule has 7 heteroatoms. The van der Waals surface area contributed by atoms with Gasteiger partial charge in [0, 0.05) is 35.5 Å². The van der Waals surface area contributed by atoms with Crippen LogP contribution in [0.4, 0.5) is 4.39 Å². The molecule has 1 aliphatic heterocycles. The Labute approximate surface area is 231 Å². The molecule has 0 fully saturated rings. The van der Waals surface area contributed by atoms with Crippen LogP contribution in [0.3, 0.4) is 0 Å². The first kappa shape index (κ1) is 25.7. The number of carbonyl (C=O) groups excluding carboxylic acids is 1. The molecule has 0 saturated carbocycles. The fourth-order valence-electron chi connectivity index (χ4n) is 6.40. The van der Waals surface area contributed by atoms with E-state index in [9.17, 15) is 19.1 Å². The molecule has 1 aromatic heterocycles. The van der Waals surface area contributed by atoms with Gasteiger partial charge in [-0.3, -0.25) is 4.79 Å². The number of hydrogen-bond acceptors (Lipinski definition) is 4. The summed E-state index contributed by atoms with van der Waals surface area (Å²) >= 11 is 0. The minimum atomic E-state index is -0.942. The van der Waals surface area contributed by atoms with Crippen LogP contribution in [0, 0.1) is 16.6 Å².